The van der Waals surface area contributed by atoms with Crippen LogP contribution in [0.1, 0.15) is 142 Å². The number of aromatic nitrogens is 2. The second-order valence-electron chi connectivity index (χ2n) is 9.25. The zero-order chi connectivity index (χ0) is 20.8. The van der Waals surface area contributed by atoms with Crippen molar-refractivity contribution in [2.24, 2.45) is 0 Å². The molecule has 0 spiro atoms. The van der Waals surface area contributed by atoms with Gasteiger partial charge in [0.25, 0.3) is 0 Å². The van der Waals surface area contributed by atoms with Gasteiger partial charge in [-0.15, -0.1) is 0 Å². The third-order valence-corrected chi connectivity index (χ3v) is 6.29. The van der Waals surface area contributed by atoms with Crippen molar-refractivity contribution in [2.45, 2.75) is 155 Å². The topological polar surface area (TPSA) is 8.81 Å². The molecule has 0 unspecified atom stereocenters. The van der Waals surface area contributed by atoms with Crippen LogP contribution in [0.4, 0.5) is 0 Å². The fraction of sp³-hybridized carbons (Fsp3) is 0.889. The number of hydrogen-bond acceptors (Lipinski definition) is 0. The molecule has 0 aliphatic carbocycles. The maximum absolute atomic E-state index is 2.39. The van der Waals surface area contributed by atoms with E-state index in [1.165, 1.54) is 142 Å². The Labute approximate surface area is 200 Å². The first-order valence-corrected chi connectivity index (χ1v) is 13.4. The summed E-state index contributed by atoms with van der Waals surface area (Å²) in [5, 5.41) is 0. The molecule has 0 aromatic carbocycles. The van der Waals surface area contributed by atoms with Crippen LogP contribution in [0, 0.1) is 0 Å². The summed E-state index contributed by atoms with van der Waals surface area (Å²) in [6, 6.07) is 0. The molecule has 0 amide bonds. The minimum atomic E-state index is 0. The quantitative estimate of drug-likeness (QED) is 0.149. The van der Waals surface area contributed by atoms with Crippen LogP contribution in [0.25, 0.3) is 0 Å². The lowest BCUT2D eigenvalue weighted by atomic mass is 10.1. The van der Waals surface area contributed by atoms with E-state index in [1.54, 1.807) is 0 Å². The molecule has 0 fully saturated rings. The number of unbranched alkanes of at least 4 members (excludes halogenated alkanes) is 18. The number of halogens is 1. The normalized spacial score (nSPS) is 11.0. The molecule has 0 aliphatic rings. The van der Waals surface area contributed by atoms with Gasteiger partial charge in [-0.2, -0.15) is 0 Å². The van der Waals surface area contributed by atoms with Crippen LogP contribution in [0.2, 0.25) is 0 Å². The molecular weight excluding hydrogens is 432 g/mol. The number of rotatable bonds is 22. The molecule has 1 heterocycles. The molecule has 0 bridgehead atoms. The van der Waals surface area contributed by atoms with Gasteiger partial charge in [-0.3, -0.25) is 0 Å². The van der Waals surface area contributed by atoms with Gasteiger partial charge < -0.3 is 17.0 Å². The highest BCUT2D eigenvalue weighted by Gasteiger charge is 2.03. The first-order chi connectivity index (χ1) is 14.4. The molecule has 1 aromatic heterocycles. The molecule has 1 rings (SSSR count). The Morgan fingerprint density at radius 1 is 0.533 bits per heavy atom. The third kappa shape index (κ3) is 18.5. The standard InChI is InChI=1S/C27H53N2.BrH/c1-3-5-7-9-11-13-15-17-19-21-23-28-25-26-29(27-28)24-22-20-18-16-14-12-10-8-6-4-2;/h25-27H,3-24H2,1-2H3;1H/q+1;/p-1. The molecule has 0 atom stereocenters. The fourth-order valence-electron chi connectivity index (χ4n) is 4.27. The van der Waals surface area contributed by atoms with E-state index in [0.717, 1.165) is 0 Å². The highest BCUT2D eigenvalue weighted by molar-refractivity contribution is 4.66. The van der Waals surface area contributed by atoms with Crippen LogP contribution in [-0.4, -0.2) is 4.57 Å². The maximum Gasteiger partial charge on any atom is 0.243 e. The van der Waals surface area contributed by atoms with Gasteiger partial charge in [0.1, 0.15) is 12.4 Å². The van der Waals surface area contributed by atoms with Gasteiger partial charge in [-0.25, -0.2) is 9.13 Å². The van der Waals surface area contributed by atoms with Crippen LogP contribution in [0.15, 0.2) is 18.7 Å². The summed E-state index contributed by atoms with van der Waals surface area (Å²) in [6.45, 7) is 6.98. The van der Waals surface area contributed by atoms with Crippen molar-refractivity contribution in [2.75, 3.05) is 0 Å². The summed E-state index contributed by atoms with van der Waals surface area (Å²) in [7, 11) is 0. The zero-order valence-corrected chi connectivity index (χ0v) is 22.1. The summed E-state index contributed by atoms with van der Waals surface area (Å²) in [5.41, 5.74) is 0. The van der Waals surface area contributed by atoms with E-state index in [2.05, 4.69) is 41.7 Å². The number of hydrogen-bond donors (Lipinski definition) is 0. The zero-order valence-electron chi connectivity index (χ0n) is 20.6. The summed E-state index contributed by atoms with van der Waals surface area (Å²) in [4.78, 5) is 0. The second-order valence-corrected chi connectivity index (χ2v) is 9.25. The lowest BCUT2D eigenvalue weighted by Crippen LogP contribution is -3.00. The van der Waals surface area contributed by atoms with Crippen LogP contribution in [0.3, 0.4) is 0 Å². The van der Waals surface area contributed by atoms with Gasteiger partial charge in [0.2, 0.25) is 6.33 Å². The molecule has 178 valence electrons. The number of imidazole rings is 1. The maximum atomic E-state index is 2.39. The summed E-state index contributed by atoms with van der Waals surface area (Å²) >= 11 is 0. The Balaban J connectivity index is 0.00000841. The lowest BCUT2D eigenvalue weighted by molar-refractivity contribution is -0.696. The average Bonchev–Trinajstić information content (AvgIpc) is 3.18. The van der Waals surface area contributed by atoms with Gasteiger partial charge in [0.15, 0.2) is 0 Å². The largest absolute Gasteiger partial charge is 1.00 e. The highest BCUT2D eigenvalue weighted by atomic mass is 79.9. The van der Waals surface area contributed by atoms with Gasteiger partial charge in [-0.1, -0.05) is 117 Å². The van der Waals surface area contributed by atoms with Crippen LogP contribution >= 0.6 is 0 Å². The molecule has 0 saturated heterocycles. The third-order valence-electron chi connectivity index (χ3n) is 6.29. The van der Waals surface area contributed by atoms with Crippen molar-refractivity contribution in [3.63, 3.8) is 0 Å². The second kappa shape index (κ2) is 23.4. The number of nitrogens with zero attached hydrogens (tertiary/aromatic N) is 2. The van der Waals surface area contributed by atoms with E-state index in [1.807, 2.05) is 0 Å². The minimum absolute atomic E-state index is 0. The first-order valence-electron chi connectivity index (χ1n) is 13.4. The van der Waals surface area contributed by atoms with Crippen molar-refractivity contribution in [3.05, 3.63) is 18.7 Å². The number of aryl methyl sites for hydroxylation is 2. The molecule has 30 heavy (non-hydrogen) atoms. The lowest BCUT2D eigenvalue weighted by Gasteiger charge is -2.02. The molecule has 1 aromatic rings. The van der Waals surface area contributed by atoms with Crippen LogP contribution in [0.5, 0.6) is 0 Å². The monoisotopic (exact) mass is 484 g/mol. The van der Waals surface area contributed by atoms with Crippen LogP contribution < -0.4 is 21.5 Å². The Morgan fingerprint density at radius 3 is 1.40 bits per heavy atom. The average molecular weight is 486 g/mol. The van der Waals surface area contributed by atoms with E-state index < -0.39 is 0 Å². The molecule has 0 radical (unpaired) electrons. The molecule has 2 nitrogen and oxygen atoms in total. The molecular formula is C27H53BrN2. The van der Waals surface area contributed by atoms with Gasteiger partial charge in [0, 0.05) is 0 Å². The van der Waals surface area contributed by atoms with E-state index in [-0.39, 0.29) is 17.0 Å². The first kappa shape index (κ1) is 29.7. The fourth-order valence-corrected chi connectivity index (χ4v) is 4.27. The van der Waals surface area contributed by atoms with Crippen molar-refractivity contribution in [1.29, 1.82) is 0 Å². The van der Waals surface area contributed by atoms with E-state index >= 15 is 0 Å². The van der Waals surface area contributed by atoms with E-state index in [9.17, 15) is 0 Å². The predicted octanol–water partition coefficient (Wildman–Crippen LogP) is 5.62. The van der Waals surface area contributed by atoms with Gasteiger partial charge >= 0.3 is 0 Å². The van der Waals surface area contributed by atoms with E-state index in [4.69, 9.17) is 0 Å². The summed E-state index contributed by atoms with van der Waals surface area (Å²) < 4.78 is 4.78. The van der Waals surface area contributed by atoms with E-state index in [0.29, 0.717) is 0 Å². The van der Waals surface area contributed by atoms with Crippen LogP contribution in [-0.2, 0) is 13.1 Å². The molecule has 0 aliphatic heterocycles. The van der Waals surface area contributed by atoms with Crippen molar-refractivity contribution in [3.8, 4) is 0 Å². The Morgan fingerprint density at radius 2 is 0.933 bits per heavy atom. The molecule has 0 saturated carbocycles. The summed E-state index contributed by atoms with van der Waals surface area (Å²) in [6.07, 6.45) is 35.2. The Kier molecular flexibility index (Phi) is 23.1. The Hall–Kier alpha value is -0.310. The molecule has 0 N–H and O–H groups in total. The van der Waals surface area contributed by atoms with Crippen molar-refractivity contribution in [1.82, 2.24) is 4.57 Å². The van der Waals surface area contributed by atoms with Gasteiger partial charge in [0.05, 0.1) is 13.1 Å². The Bertz CT molecular complexity index is 405. The van der Waals surface area contributed by atoms with Crippen molar-refractivity contribution >= 4 is 0 Å². The summed E-state index contributed by atoms with van der Waals surface area (Å²) in [5.74, 6) is 0. The smallest absolute Gasteiger partial charge is 0.243 e. The molecule has 3 heteroatoms. The van der Waals surface area contributed by atoms with Crippen molar-refractivity contribution < 1.29 is 21.5 Å². The minimum Gasteiger partial charge on any atom is -1.00 e. The SMILES string of the molecule is CCCCCCCCCCCCn1cc[n+](CCCCCCCCCCCC)c1.[Br-]. The van der Waals surface area contributed by atoms with Gasteiger partial charge in [-0.05, 0) is 25.7 Å². The highest BCUT2D eigenvalue weighted by Crippen LogP contribution is 2.12. The predicted molar refractivity (Wildman–Crippen MR) is 128 cm³/mol.